The Morgan fingerprint density at radius 1 is 1.50 bits per heavy atom. The molecule has 0 fully saturated rings. The lowest BCUT2D eigenvalue weighted by molar-refractivity contribution is -0.370. The molecule has 0 bridgehead atoms. The summed E-state index contributed by atoms with van der Waals surface area (Å²) in [5, 5.41) is -0.395. The second-order valence-corrected chi connectivity index (χ2v) is 1.48. The average Bonchev–Trinajstić information content (AvgIpc) is 1.60. The lowest BCUT2D eigenvalue weighted by atomic mass is 10.9. The molecular weight excluding hydrogens is 156 g/mol. The highest BCUT2D eigenvalue weighted by atomic mass is 19.4. The molecule has 0 aliphatic rings. The number of ether oxygens (including phenoxy) is 1. The van der Waals surface area contributed by atoms with Crippen LogP contribution < -0.4 is 5.73 Å². The predicted molar refractivity (Wildman–Crippen MR) is 24.0 cm³/mol. The van der Waals surface area contributed by atoms with E-state index in [0.717, 1.165) is 7.05 Å². The van der Waals surface area contributed by atoms with E-state index in [1.54, 1.807) is 0 Å². The van der Waals surface area contributed by atoms with Gasteiger partial charge in [0.1, 0.15) is 0 Å². The van der Waals surface area contributed by atoms with Crippen LogP contribution in [0.1, 0.15) is 0 Å². The molecule has 62 valence electrons. The van der Waals surface area contributed by atoms with E-state index in [1.165, 1.54) is 0 Å². The van der Waals surface area contributed by atoms with Crippen molar-refractivity contribution < 1.29 is 22.4 Å². The standard InChI is InChI=1S/C3H6F4N2O/c1-9(7)2(8)10-3(4,5)6/h2H,8H2,1H3. The molecule has 0 rings (SSSR count). The number of nitrogens with two attached hydrogens (primary N) is 1. The fourth-order valence-electron chi connectivity index (χ4n) is 0.210. The highest BCUT2D eigenvalue weighted by Gasteiger charge is 2.33. The molecule has 10 heavy (non-hydrogen) atoms. The Bertz CT molecular complexity index is 103. The molecule has 0 radical (unpaired) electrons. The maximum atomic E-state index is 11.7. The minimum atomic E-state index is -4.90. The molecule has 0 aromatic heterocycles. The van der Waals surface area contributed by atoms with Crippen LogP contribution in [0.3, 0.4) is 0 Å². The van der Waals surface area contributed by atoms with Gasteiger partial charge in [0.05, 0.1) is 0 Å². The van der Waals surface area contributed by atoms with Crippen LogP contribution >= 0.6 is 0 Å². The number of alkyl halides is 3. The van der Waals surface area contributed by atoms with Crippen LogP contribution in [0, 0.1) is 0 Å². The monoisotopic (exact) mass is 162 g/mol. The van der Waals surface area contributed by atoms with Crippen molar-refractivity contribution in [2.75, 3.05) is 7.05 Å². The van der Waals surface area contributed by atoms with E-state index in [9.17, 15) is 17.7 Å². The molecule has 0 aromatic rings. The average molecular weight is 162 g/mol. The first-order valence-electron chi connectivity index (χ1n) is 2.21. The zero-order valence-electron chi connectivity index (χ0n) is 5.02. The zero-order chi connectivity index (χ0) is 8.36. The number of hydrogen-bond acceptors (Lipinski definition) is 3. The van der Waals surface area contributed by atoms with Gasteiger partial charge >= 0.3 is 6.36 Å². The van der Waals surface area contributed by atoms with Crippen LogP contribution in [0.4, 0.5) is 17.7 Å². The minimum Gasteiger partial charge on any atom is -0.291 e. The van der Waals surface area contributed by atoms with Crippen molar-refractivity contribution in [1.29, 1.82) is 0 Å². The molecular formula is C3H6F4N2O. The van der Waals surface area contributed by atoms with Crippen molar-refractivity contribution in [3.05, 3.63) is 0 Å². The van der Waals surface area contributed by atoms with Gasteiger partial charge in [0.2, 0.25) is 0 Å². The van der Waals surface area contributed by atoms with Crippen LogP contribution in [0.2, 0.25) is 0 Å². The molecule has 0 heterocycles. The smallest absolute Gasteiger partial charge is 0.291 e. The van der Waals surface area contributed by atoms with Crippen molar-refractivity contribution in [1.82, 2.24) is 5.12 Å². The molecule has 3 nitrogen and oxygen atoms in total. The highest BCUT2D eigenvalue weighted by Crippen LogP contribution is 2.17. The summed E-state index contributed by atoms with van der Waals surface area (Å²) in [6, 6.07) is 0. The maximum absolute atomic E-state index is 11.7. The third-order valence-electron chi connectivity index (χ3n) is 0.605. The van der Waals surface area contributed by atoms with Gasteiger partial charge in [-0.25, -0.2) is 0 Å². The topological polar surface area (TPSA) is 38.5 Å². The van der Waals surface area contributed by atoms with Gasteiger partial charge in [-0.1, -0.05) is 0 Å². The second kappa shape index (κ2) is 3.13. The van der Waals surface area contributed by atoms with Gasteiger partial charge in [0, 0.05) is 7.05 Å². The molecule has 0 aromatic carbocycles. The molecule has 2 N–H and O–H groups in total. The van der Waals surface area contributed by atoms with E-state index in [1.807, 2.05) is 0 Å². The van der Waals surface area contributed by atoms with Crippen LogP contribution in [-0.2, 0) is 4.74 Å². The normalized spacial score (nSPS) is 15.9. The van der Waals surface area contributed by atoms with Gasteiger partial charge in [-0.3, -0.25) is 10.5 Å². The largest absolute Gasteiger partial charge is 0.525 e. The first-order chi connectivity index (χ1) is 4.33. The van der Waals surface area contributed by atoms with E-state index in [-0.39, 0.29) is 0 Å². The Balaban J connectivity index is 3.68. The lowest BCUT2D eigenvalue weighted by Gasteiger charge is -2.16. The van der Waals surface area contributed by atoms with E-state index >= 15 is 0 Å². The van der Waals surface area contributed by atoms with Gasteiger partial charge in [-0.2, -0.15) is 0 Å². The molecule has 0 saturated carbocycles. The third-order valence-corrected chi connectivity index (χ3v) is 0.605. The van der Waals surface area contributed by atoms with Crippen molar-refractivity contribution >= 4 is 0 Å². The molecule has 1 atom stereocenters. The minimum absolute atomic E-state index is 0.395. The summed E-state index contributed by atoms with van der Waals surface area (Å²) in [5.41, 5.74) is 4.51. The zero-order valence-corrected chi connectivity index (χ0v) is 5.02. The number of nitrogens with zero attached hydrogens (tertiary/aromatic N) is 1. The summed E-state index contributed by atoms with van der Waals surface area (Å²) in [7, 11) is 0.719. The van der Waals surface area contributed by atoms with Gasteiger partial charge in [0.25, 0.3) is 0 Å². The first-order valence-corrected chi connectivity index (χ1v) is 2.21. The third kappa shape index (κ3) is 4.48. The molecule has 7 heteroatoms. The van der Waals surface area contributed by atoms with Crippen LogP contribution in [0.15, 0.2) is 0 Å². The summed E-state index contributed by atoms with van der Waals surface area (Å²) < 4.78 is 48.2. The number of halogens is 4. The Hall–Kier alpha value is -0.400. The SMILES string of the molecule is CN(F)C(N)OC(F)(F)F. The van der Waals surface area contributed by atoms with Crippen molar-refractivity contribution in [2.24, 2.45) is 5.73 Å². The van der Waals surface area contributed by atoms with Gasteiger partial charge in [-0.05, 0) is 0 Å². The summed E-state index contributed by atoms with van der Waals surface area (Å²) >= 11 is 0. The number of hydrogen-bond donors (Lipinski definition) is 1. The molecule has 0 spiro atoms. The first kappa shape index (κ1) is 9.60. The van der Waals surface area contributed by atoms with Crippen LogP contribution in [-0.4, -0.2) is 24.9 Å². The van der Waals surface area contributed by atoms with E-state index in [2.05, 4.69) is 10.5 Å². The van der Waals surface area contributed by atoms with Crippen molar-refractivity contribution in [3.8, 4) is 0 Å². The molecule has 0 aliphatic carbocycles. The Morgan fingerprint density at radius 2 is 1.90 bits per heavy atom. The highest BCUT2D eigenvalue weighted by molar-refractivity contribution is 4.37. The predicted octanol–water partition coefficient (Wildman–Crippen LogP) is 0.581. The second-order valence-electron chi connectivity index (χ2n) is 1.48. The molecule has 1 unspecified atom stereocenters. The van der Waals surface area contributed by atoms with E-state index in [0.29, 0.717) is 0 Å². The van der Waals surface area contributed by atoms with Crippen molar-refractivity contribution in [3.63, 3.8) is 0 Å². The van der Waals surface area contributed by atoms with E-state index in [4.69, 9.17) is 0 Å². The van der Waals surface area contributed by atoms with Gasteiger partial charge < -0.3 is 0 Å². The Labute approximate surface area is 54.3 Å². The van der Waals surface area contributed by atoms with E-state index < -0.39 is 17.8 Å². The van der Waals surface area contributed by atoms with Gasteiger partial charge in [-0.15, -0.1) is 22.8 Å². The van der Waals surface area contributed by atoms with Gasteiger partial charge in [0.15, 0.2) is 6.35 Å². The Kier molecular flexibility index (Phi) is 3.00. The summed E-state index contributed by atoms with van der Waals surface area (Å²) in [5.74, 6) is 0. The molecule has 0 saturated heterocycles. The number of rotatable bonds is 2. The lowest BCUT2D eigenvalue weighted by Crippen LogP contribution is -2.40. The molecule has 0 aliphatic heterocycles. The Morgan fingerprint density at radius 3 is 2.00 bits per heavy atom. The van der Waals surface area contributed by atoms with Crippen molar-refractivity contribution in [2.45, 2.75) is 12.7 Å². The summed E-state index contributed by atoms with van der Waals surface area (Å²) in [6.45, 7) is 0. The van der Waals surface area contributed by atoms with Crippen LogP contribution in [0.5, 0.6) is 0 Å². The maximum Gasteiger partial charge on any atom is 0.525 e. The fourth-order valence-corrected chi connectivity index (χ4v) is 0.210. The summed E-state index contributed by atoms with van der Waals surface area (Å²) in [6.07, 6.45) is -7.00. The summed E-state index contributed by atoms with van der Waals surface area (Å²) in [4.78, 5) is 0. The fraction of sp³-hybridized carbons (Fsp3) is 1.00. The van der Waals surface area contributed by atoms with Crippen LogP contribution in [0.25, 0.3) is 0 Å². The molecule has 0 amide bonds. The quantitative estimate of drug-likeness (QED) is 0.366.